The van der Waals surface area contributed by atoms with Crippen molar-refractivity contribution in [1.82, 2.24) is 40.0 Å². The molecule has 0 unspecified atom stereocenters. The van der Waals surface area contributed by atoms with Crippen LogP contribution in [0.3, 0.4) is 0 Å². The molecule has 0 aliphatic carbocycles. The van der Waals surface area contributed by atoms with E-state index in [1.165, 1.54) is 6.33 Å². The maximum absolute atomic E-state index is 13.5. The Kier molecular flexibility index (Phi) is 4.20. The van der Waals surface area contributed by atoms with E-state index >= 15 is 0 Å². The fourth-order valence-corrected chi connectivity index (χ4v) is 4.00. The summed E-state index contributed by atoms with van der Waals surface area (Å²) in [6.45, 7) is 0.457. The molecule has 1 aromatic carbocycles. The van der Waals surface area contributed by atoms with Crippen molar-refractivity contribution in [2.24, 2.45) is 0 Å². The summed E-state index contributed by atoms with van der Waals surface area (Å²) >= 11 is 0. The molecule has 4 aromatic heterocycles. The van der Waals surface area contributed by atoms with E-state index in [-0.39, 0.29) is 17.7 Å². The molecule has 0 radical (unpaired) electrons. The number of nitrogens with zero attached hydrogens (tertiary/aromatic N) is 7. The number of carbonyl (C=O) groups excluding carboxylic acids is 1. The van der Waals surface area contributed by atoms with Gasteiger partial charge in [-0.25, -0.2) is 15.0 Å². The second-order valence-corrected chi connectivity index (χ2v) is 7.38. The summed E-state index contributed by atoms with van der Waals surface area (Å²) in [6, 6.07) is 11.1. The van der Waals surface area contributed by atoms with Crippen LogP contribution in [-0.4, -0.2) is 52.5 Å². The van der Waals surface area contributed by atoms with Crippen LogP contribution in [0.4, 0.5) is 0 Å². The molecule has 1 atom stereocenters. The van der Waals surface area contributed by atoms with Gasteiger partial charge >= 0.3 is 11.8 Å². The van der Waals surface area contributed by atoms with E-state index < -0.39 is 6.04 Å². The van der Waals surface area contributed by atoms with Gasteiger partial charge in [-0.2, -0.15) is 0 Å². The third kappa shape index (κ3) is 3.00. The lowest BCUT2D eigenvalue weighted by molar-refractivity contribution is 0.0647. The molecule has 5 aromatic rings. The van der Waals surface area contributed by atoms with Crippen LogP contribution < -0.4 is 0 Å². The molecule has 10 heteroatoms. The van der Waals surface area contributed by atoms with Crippen molar-refractivity contribution in [3.8, 4) is 11.6 Å². The average molecular weight is 424 g/mol. The molecule has 1 N–H and O–H groups in total. The van der Waals surface area contributed by atoms with E-state index in [1.807, 2.05) is 36.5 Å². The van der Waals surface area contributed by atoms with E-state index in [0.29, 0.717) is 18.7 Å². The normalized spacial score (nSPS) is 15.6. The maximum atomic E-state index is 13.5. The van der Waals surface area contributed by atoms with Crippen LogP contribution in [0.5, 0.6) is 0 Å². The van der Waals surface area contributed by atoms with Gasteiger partial charge in [-0.05, 0) is 17.5 Å². The molecule has 6 rings (SSSR count). The van der Waals surface area contributed by atoms with E-state index in [4.69, 9.17) is 4.42 Å². The Bertz CT molecular complexity index is 1430. The number of rotatable bonds is 3. The van der Waals surface area contributed by atoms with Gasteiger partial charge in [0.25, 0.3) is 5.89 Å². The molecule has 0 bridgehead atoms. The Morgan fingerprint density at radius 3 is 2.88 bits per heavy atom. The number of amides is 1. The van der Waals surface area contributed by atoms with Crippen LogP contribution in [0.2, 0.25) is 0 Å². The Labute approximate surface area is 181 Å². The number of nitrogens with one attached hydrogen (secondary N) is 1. The number of hydrogen-bond acceptors (Lipinski definition) is 8. The van der Waals surface area contributed by atoms with Crippen LogP contribution in [0.15, 0.2) is 65.9 Å². The van der Waals surface area contributed by atoms with Crippen molar-refractivity contribution in [3.63, 3.8) is 0 Å². The molecule has 0 fully saturated rings. The number of fused-ring (bicyclic) bond motifs is 2. The number of carbonyl (C=O) groups is 1. The molecule has 0 saturated carbocycles. The second kappa shape index (κ2) is 7.34. The van der Waals surface area contributed by atoms with Crippen LogP contribution in [0.1, 0.15) is 33.8 Å². The minimum Gasteiger partial charge on any atom is -0.411 e. The molecule has 0 spiro atoms. The van der Waals surface area contributed by atoms with E-state index in [0.717, 1.165) is 27.9 Å². The van der Waals surface area contributed by atoms with Crippen molar-refractivity contribution in [1.29, 1.82) is 0 Å². The SMILES string of the molecule is O=C(c1nnc(-c2ccncn2)o1)N1CCc2[nH]cnc2[C@H]1c1cc2ccccc2cn1. The lowest BCUT2D eigenvalue weighted by Gasteiger charge is -2.33. The molecular formula is C22H16N8O2. The summed E-state index contributed by atoms with van der Waals surface area (Å²) in [5, 5.41) is 10.0. The lowest BCUT2D eigenvalue weighted by atomic mass is 9.98. The first kappa shape index (κ1) is 18.3. The monoisotopic (exact) mass is 424 g/mol. The van der Waals surface area contributed by atoms with Crippen molar-refractivity contribution >= 4 is 16.7 Å². The third-order valence-corrected chi connectivity index (χ3v) is 5.53. The van der Waals surface area contributed by atoms with Gasteiger partial charge in [0.2, 0.25) is 0 Å². The summed E-state index contributed by atoms with van der Waals surface area (Å²) in [7, 11) is 0. The summed E-state index contributed by atoms with van der Waals surface area (Å²) in [6.07, 6.45) is 7.05. The van der Waals surface area contributed by atoms with Crippen LogP contribution in [0, 0.1) is 0 Å². The van der Waals surface area contributed by atoms with Gasteiger partial charge in [-0.3, -0.25) is 9.78 Å². The Morgan fingerprint density at radius 1 is 1.09 bits per heavy atom. The van der Waals surface area contributed by atoms with Crippen molar-refractivity contribution in [3.05, 3.63) is 84.4 Å². The molecular weight excluding hydrogens is 408 g/mol. The molecule has 0 saturated heterocycles. The zero-order valence-corrected chi connectivity index (χ0v) is 16.7. The van der Waals surface area contributed by atoms with Gasteiger partial charge in [0, 0.05) is 36.4 Å². The van der Waals surface area contributed by atoms with Crippen LogP contribution in [-0.2, 0) is 6.42 Å². The highest BCUT2D eigenvalue weighted by molar-refractivity contribution is 5.90. The van der Waals surface area contributed by atoms with Crippen molar-refractivity contribution in [2.45, 2.75) is 12.5 Å². The minimum absolute atomic E-state index is 0.108. The number of aromatic nitrogens is 7. The summed E-state index contributed by atoms with van der Waals surface area (Å²) < 4.78 is 5.66. The topological polar surface area (TPSA) is 127 Å². The van der Waals surface area contributed by atoms with Crippen LogP contribution in [0.25, 0.3) is 22.4 Å². The largest absolute Gasteiger partial charge is 0.411 e. The number of aromatic amines is 1. The zero-order chi connectivity index (χ0) is 21.5. The number of imidazole rings is 1. The fourth-order valence-electron chi connectivity index (χ4n) is 4.00. The van der Waals surface area contributed by atoms with Gasteiger partial charge < -0.3 is 14.3 Å². The van der Waals surface area contributed by atoms with Gasteiger partial charge in [0.15, 0.2) is 0 Å². The first-order valence-corrected chi connectivity index (χ1v) is 10.1. The highest BCUT2D eigenvalue weighted by atomic mass is 16.4. The highest BCUT2D eigenvalue weighted by Crippen LogP contribution is 2.34. The second-order valence-electron chi connectivity index (χ2n) is 7.38. The molecule has 1 aliphatic heterocycles. The molecule has 5 heterocycles. The maximum Gasteiger partial charge on any atom is 0.312 e. The third-order valence-electron chi connectivity index (χ3n) is 5.53. The summed E-state index contributed by atoms with van der Waals surface area (Å²) in [5.74, 6) is -0.330. The predicted molar refractivity (Wildman–Crippen MR) is 112 cm³/mol. The summed E-state index contributed by atoms with van der Waals surface area (Å²) in [5.41, 5.74) is 2.93. The predicted octanol–water partition coefficient (Wildman–Crippen LogP) is 2.59. The molecule has 10 nitrogen and oxygen atoms in total. The molecule has 1 aliphatic rings. The Morgan fingerprint density at radius 2 is 2.00 bits per heavy atom. The Hall–Kier alpha value is -4.47. The number of hydrogen-bond donors (Lipinski definition) is 1. The first-order chi connectivity index (χ1) is 15.8. The smallest absolute Gasteiger partial charge is 0.312 e. The number of benzene rings is 1. The molecule has 1 amide bonds. The number of pyridine rings is 1. The van der Waals surface area contributed by atoms with E-state index in [2.05, 4.69) is 35.1 Å². The average Bonchev–Trinajstić information content (AvgIpc) is 3.53. The molecule has 156 valence electrons. The first-order valence-electron chi connectivity index (χ1n) is 10.1. The zero-order valence-electron chi connectivity index (χ0n) is 16.7. The van der Waals surface area contributed by atoms with Gasteiger partial charge in [0.05, 0.1) is 17.7 Å². The van der Waals surface area contributed by atoms with Gasteiger partial charge in [-0.1, -0.05) is 24.3 Å². The fraction of sp³-hybridized carbons (Fsp3) is 0.136. The van der Waals surface area contributed by atoms with Crippen molar-refractivity contribution < 1.29 is 9.21 Å². The quantitative estimate of drug-likeness (QED) is 0.468. The van der Waals surface area contributed by atoms with E-state index in [9.17, 15) is 4.79 Å². The van der Waals surface area contributed by atoms with E-state index in [1.54, 1.807) is 23.5 Å². The number of H-pyrrole nitrogens is 1. The van der Waals surface area contributed by atoms with Crippen LogP contribution >= 0.6 is 0 Å². The Balaban J connectivity index is 1.40. The highest BCUT2D eigenvalue weighted by Gasteiger charge is 2.37. The summed E-state index contributed by atoms with van der Waals surface area (Å²) in [4.78, 5) is 35.4. The van der Waals surface area contributed by atoms with Gasteiger partial charge in [-0.15, -0.1) is 10.2 Å². The minimum atomic E-state index is -0.475. The molecule has 32 heavy (non-hydrogen) atoms. The standard InChI is InChI=1S/C22H16N8O2/c31-22(21-29-28-20(32-21)16-5-7-23-11-25-16)30-8-6-15-18(27-12-26-15)19(30)17-9-13-3-1-2-4-14(13)10-24-17/h1-5,7,9-12,19H,6,8H2,(H,26,27)/t19-/m1/s1. The lowest BCUT2D eigenvalue weighted by Crippen LogP contribution is -2.41. The van der Waals surface area contributed by atoms with Crippen molar-refractivity contribution in [2.75, 3.05) is 6.54 Å². The van der Waals surface area contributed by atoms with Gasteiger partial charge in [0.1, 0.15) is 18.1 Å².